The Hall–Kier alpha value is -2.63. The van der Waals surface area contributed by atoms with E-state index < -0.39 is 0 Å². The summed E-state index contributed by atoms with van der Waals surface area (Å²) in [5.74, 6) is 0.165. The highest BCUT2D eigenvalue weighted by atomic mass is 16.2. The maximum atomic E-state index is 12.9. The molecule has 0 unspecified atom stereocenters. The van der Waals surface area contributed by atoms with Gasteiger partial charge >= 0.3 is 0 Å². The highest BCUT2D eigenvalue weighted by Crippen LogP contribution is 2.20. The number of amides is 1. The summed E-state index contributed by atoms with van der Waals surface area (Å²) in [4.78, 5) is 19.6. The van der Waals surface area contributed by atoms with Crippen molar-refractivity contribution in [3.63, 3.8) is 0 Å². The molecule has 6 nitrogen and oxygen atoms in total. The maximum Gasteiger partial charge on any atom is 0.228 e. The van der Waals surface area contributed by atoms with Crippen LogP contribution in [0, 0.1) is 6.92 Å². The van der Waals surface area contributed by atoms with Crippen molar-refractivity contribution in [1.29, 1.82) is 0 Å². The molecular weight excluding hydrogens is 314 g/mol. The molecule has 0 bridgehead atoms. The van der Waals surface area contributed by atoms with E-state index in [2.05, 4.69) is 10.1 Å². The zero-order valence-electron chi connectivity index (χ0n) is 14.5. The third-order valence-corrected chi connectivity index (χ3v) is 4.96. The number of carbonyl (C=O) groups is 1. The second-order valence-corrected chi connectivity index (χ2v) is 6.80. The molecule has 0 spiro atoms. The molecule has 1 saturated heterocycles. The molecule has 0 aliphatic carbocycles. The van der Waals surface area contributed by atoms with Gasteiger partial charge in [0.25, 0.3) is 0 Å². The Bertz CT molecular complexity index is 867. The third kappa shape index (κ3) is 3.29. The zero-order chi connectivity index (χ0) is 17.2. The van der Waals surface area contributed by atoms with Crippen LogP contribution in [0.5, 0.6) is 0 Å². The van der Waals surface area contributed by atoms with Crippen LogP contribution >= 0.6 is 0 Å². The minimum atomic E-state index is 0.165. The van der Waals surface area contributed by atoms with Crippen molar-refractivity contribution in [2.75, 3.05) is 6.54 Å². The number of hydrogen-bond donors (Lipinski definition) is 0. The van der Waals surface area contributed by atoms with Gasteiger partial charge in [0.1, 0.15) is 5.65 Å². The molecule has 1 aliphatic rings. The Balaban J connectivity index is 1.50. The predicted molar refractivity (Wildman–Crippen MR) is 95.2 cm³/mol. The number of aryl methyl sites for hydroxylation is 1. The second-order valence-electron chi connectivity index (χ2n) is 6.80. The van der Waals surface area contributed by atoms with E-state index in [-0.39, 0.29) is 11.9 Å². The van der Waals surface area contributed by atoms with Crippen LogP contribution < -0.4 is 0 Å². The van der Waals surface area contributed by atoms with Gasteiger partial charge in [0.2, 0.25) is 5.91 Å². The molecule has 3 aromatic heterocycles. The lowest BCUT2D eigenvalue weighted by atomic mass is 10.0. The molecule has 1 atom stereocenters. The van der Waals surface area contributed by atoms with Crippen molar-refractivity contribution in [3.8, 4) is 0 Å². The van der Waals surface area contributed by atoms with Crippen LogP contribution in [0.1, 0.15) is 30.5 Å². The Morgan fingerprint density at radius 1 is 1.28 bits per heavy atom. The SMILES string of the molecule is Cc1cccn2cc(CC(=O)N3CCCC[C@H]3Cn3cccn3)nc12. The Kier molecular flexibility index (Phi) is 4.26. The molecule has 4 rings (SSSR count). The summed E-state index contributed by atoms with van der Waals surface area (Å²) < 4.78 is 3.92. The number of rotatable bonds is 4. The van der Waals surface area contributed by atoms with Crippen molar-refractivity contribution in [3.05, 3.63) is 54.2 Å². The summed E-state index contributed by atoms with van der Waals surface area (Å²) in [6.45, 7) is 3.64. The summed E-state index contributed by atoms with van der Waals surface area (Å²) in [5.41, 5.74) is 2.88. The fourth-order valence-corrected chi connectivity index (χ4v) is 3.69. The fraction of sp³-hybridized carbons (Fsp3) is 0.421. The molecule has 1 aliphatic heterocycles. The first-order valence-electron chi connectivity index (χ1n) is 8.91. The molecular formula is C19H23N5O. The highest BCUT2D eigenvalue weighted by Gasteiger charge is 2.27. The average molecular weight is 337 g/mol. The van der Waals surface area contributed by atoms with Gasteiger partial charge in [0.15, 0.2) is 0 Å². The van der Waals surface area contributed by atoms with E-state index in [1.807, 2.05) is 57.7 Å². The van der Waals surface area contributed by atoms with E-state index in [0.717, 1.165) is 42.8 Å². The van der Waals surface area contributed by atoms with E-state index >= 15 is 0 Å². The molecule has 0 N–H and O–H groups in total. The first-order chi connectivity index (χ1) is 12.2. The standard InChI is InChI=1S/C19H23N5O/c1-15-6-4-9-22-13-16(21-19(15)22)12-18(25)24-11-3-2-7-17(24)14-23-10-5-8-20-23/h4-6,8-10,13,17H,2-3,7,11-12,14H2,1H3/t17-/m0/s1. The molecule has 4 heterocycles. The summed E-state index contributed by atoms with van der Waals surface area (Å²) in [6, 6.07) is 6.19. The van der Waals surface area contributed by atoms with Crippen LogP contribution in [-0.2, 0) is 17.8 Å². The third-order valence-electron chi connectivity index (χ3n) is 4.96. The number of nitrogens with zero attached hydrogens (tertiary/aromatic N) is 5. The number of fused-ring (bicyclic) bond motifs is 1. The summed E-state index contributed by atoms with van der Waals surface area (Å²) in [6.07, 6.45) is 11.3. The summed E-state index contributed by atoms with van der Waals surface area (Å²) in [7, 11) is 0. The van der Waals surface area contributed by atoms with Gasteiger partial charge in [-0.3, -0.25) is 9.48 Å². The van der Waals surface area contributed by atoms with Crippen molar-refractivity contribution in [2.45, 2.75) is 45.2 Å². The smallest absolute Gasteiger partial charge is 0.228 e. The molecule has 0 aromatic carbocycles. The van der Waals surface area contributed by atoms with Gasteiger partial charge in [0.05, 0.1) is 24.7 Å². The van der Waals surface area contributed by atoms with Gasteiger partial charge in [-0.25, -0.2) is 4.98 Å². The van der Waals surface area contributed by atoms with Crippen LogP contribution in [0.15, 0.2) is 43.0 Å². The predicted octanol–water partition coefficient (Wildman–Crippen LogP) is 2.46. The van der Waals surface area contributed by atoms with Gasteiger partial charge in [-0.2, -0.15) is 5.10 Å². The minimum absolute atomic E-state index is 0.165. The number of imidazole rings is 1. The number of carbonyl (C=O) groups excluding carboxylic acids is 1. The summed E-state index contributed by atoms with van der Waals surface area (Å²) in [5, 5.41) is 4.29. The molecule has 1 fully saturated rings. The Morgan fingerprint density at radius 3 is 3.00 bits per heavy atom. The molecule has 0 saturated carbocycles. The average Bonchev–Trinajstić information content (AvgIpc) is 3.25. The minimum Gasteiger partial charge on any atom is -0.338 e. The van der Waals surface area contributed by atoms with Crippen LogP contribution in [-0.4, -0.2) is 42.6 Å². The van der Waals surface area contributed by atoms with E-state index in [1.54, 1.807) is 6.20 Å². The maximum absolute atomic E-state index is 12.9. The van der Waals surface area contributed by atoms with Gasteiger partial charge in [-0.15, -0.1) is 0 Å². The Labute approximate surface area is 147 Å². The molecule has 130 valence electrons. The number of likely N-dealkylation sites (tertiary alicyclic amines) is 1. The van der Waals surface area contributed by atoms with Crippen LogP contribution in [0.2, 0.25) is 0 Å². The number of pyridine rings is 1. The molecule has 25 heavy (non-hydrogen) atoms. The van der Waals surface area contributed by atoms with Gasteiger partial charge in [-0.1, -0.05) is 6.07 Å². The fourth-order valence-electron chi connectivity index (χ4n) is 3.69. The van der Waals surface area contributed by atoms with E-state index in [9.17, 15) is 4.79 Å². The van der Waals surface area contributed by atoms with Crippen molar-refractivity contribution in [2.24, 2.45) is 0 Å². The molecule has 3 aromatic rings. The lowest BCUT2D eigenvalue weighted by Crippen LogP contribution is -2.46. The number of hydrogen-bond acceptors (Lipinski definition) is 3. The second kappa shape index (κ2) is 6.70. The van der Waals surface area contributed by atoms with Gasteiger partial charge < -0.3 is 9.30 Å². The van der Waals surface area contributed by atoms with Crippen LogP contribution in [0.3, 0.4) is 0 Å². The summed E-state index contributed by atoms with van der Waals surface area (Å²) >= 11 is 0. The molecule has 0 radical (unpaired) electrons. The highest BCUT2D eigenvalue weighted by molar-refractivity contribution is 5.79. The first kappa shape index (κ1) is 15.9. The molecule has 1 amide bonds. The van der Waals surface area contributed by atoms with Crippen LogP contribution in [0.25, 0.3) is 5.65 Å². The lowest BCUT2D eigenvalue weighted by Gasteiger charge is -2.35. The topological polar surface area (TPSA) is 55.4 Å². The monoisotopic (exact) mass is 337 g/mol. The van der Waals surface area contributed by atoms with Crippen molar-refractivity contribution < 1.29 is 4.79 Å². The zero-order valence-corrected chi connectivity index (χ0v) is 14.5. The Morgan fingerprint density at radius 2 is 2.20 bits per heavy atom. The van der Waals surface area contributed by atoms with Crippen LogP contribution in [0.4, 0.5) is 0 Å². The van der Waals surface area contributed by atoms with E-state index in [4.69, 9.17) is 0 Å². The quantitative estimate of drug-likeness (QED) is 0.735. The number of piperidine rings is 1. The lowest BCUT2D eigenvalue weighted by molar-refractivity contribution is -0.134. The number of aromatic nitrogens is 4. The van der Waals surface area contributed by atoms with Crippen molar-refractivity contribution >= 4 is 11.6 Å². The van der Waals surface area contributed by atoms with Gasteiger partial charge in [0, 0.05) is 31.3 Å². The normalized spacial score (nSPS) is 18.0. The van der Waals surface area contributed by atoms with E-state index in [1.165, 1.54) is 6.42 Å². The molecule has 6 heteroatoms. The van der Waals surface area contributed by atoms with Gasteiger partial charge in [-0.05, 0) is 43.9 Å². The largest absolute Gasteiger partial charge is 0.338 e. The first-order valence-corrected chi connectivity index (χ1v) is 8.91. The van der Waals surface area contributed by atoms with E-state index in [0.29, 0.717) is 6.42 Å². The van der Waals surface area contributed by atoms with Crippen molar-refractivity contribution in [1.82, 2.24) is 24.1 Å².